The van der Waals surface area contributed by atoms with Gasteiger partial charge in [-0.2, -0.15) is 0 Å². The quantitative estimate of drug-likeness (QED) is 0.0257. The third kappa shape index (κ3) is 72.9. The van der Waals surface area contributed by atoms with Crippen LogP contribution in [-0.2, 0) is 44.7 Å². The zero-order chi connectivity index (χ0) is 55.6. The number of nitrogens with zero attached hydrogens (tertiary/aromatic N) is 2. The van der Waals surface area contributed by atoms with E-state index < -0.39 is 0 Å². The normalized spacial score (nSPS) is 11.2. The summed E-state index contributed by atoms with van der Waals surface area (Å²) in [7, 11) is 0. The standard InChI is InChI=1S/2C35H71NS2.Zn/c2*1-3-5-7-9-11-13-15-17-19-21-23-25-27-29-31-33-36(35(37)38)34-32-30-28-26-24-22-20-18-16-14-12-10-8-6-4-2;/h2*3-34H2,1-2H3,(H,37,38);/q;;+2/p-2. The molecular formula is C70H140N2S4Zn. The molecule has 0 radical (unpaired) electrons. The molecule has 456 valence electrons. The largest absolute Gasteiger partial charge is 2.00 e. The molecule has 0 N–H and O–H groups in total. The van der Waals surface area contributed by atoms with Gasteiger partial charge in [0.2, 0.25) is 0 Å². The minimum absolute atomic E-state index is 0. The van der Waals surface area contributed by atoms with Crippen LogP contribution in [0.1, 0.15) is 413 Å². The second kappa shape index (κ2) is 74.9. The summed E-state index contributed by atoms with van der Waals surface area (Å²) in [6.45, 7) is 13.5. The van der Waals surface area contributed by atoms with E-state index in [1.807, 2.05) is 0 Å². The summed E-state index contributed by atoms with van der Waals surface area (Å²) in [6, 6.07) is 0. The molecule has 0 saturated heterocycles. The first-order valence-electron chi connectivity index (χ1n) is 35.4. The Hall–Kier alpha value is 0.843. The Kier molecular flexibility index (Phi) is 79.8. The molecule has 0 aromatic heterocycles. The zero-order valence-electron chi connectivity index (χ0n) is 53.5. The molecule has 0 fully saturated rings. The molecule has 0 rings (SSSR count). The van der Waals surface area contributed by atoms with Crippen LogP contribution in [0.3, 0.4) is 0 Å². The first-order chi connectivity index (χ1) is 37.4. The molecule has 0 aromatic rings. The number of unbranched alkanes of at least 4 members (excludes halogenated alkanes) is 56. The smallest absolute Gasteiger partial charge is 0.411 e. The van der Waals surface area contributed by atoms with Gasteiger partial charge in [0.05, 0.1) is 0 Å². The van der Waals surface area contributed by atoms with E-state index in [0.29, 0.717) is 8.64 Å². The molecule has 2 nitrogen and oxygen atoms in total. The van der Waals surface area contributed by atoms with Crippen LogP contribution in [-0.4, -0.2) is 44.6 Å². The molecule has 0 aliphatic carbocycles. The van der Waals surface area contributed by atoms with E-state index >= 15 is 0 Å². The predicted octanol–water partition coefficient (Wildman–Crippen LogP) is 25.7. The van der Waals surface area contributed by atoms with Crippen molar-refractivity contribution in [3.8, 4) is 0 Å². The fourth-order valence-corrected chi connectivity index (χ4v) is 12.0. The Bertz CT molecular complexity index is 928. The first kappa shape index (κ1) is 82.1. The minimum atomic E-state index is 0. The van der Waals surface area contributed by atoms with Crippen molar-refractivity contribution in [1.82, 2.24) is 9.80 Å². The molecule has 0 bridgehead atoms. The van der Waals surface area contributed by atoms with Gasteiger partial charge in [-0.1, -0.05) is 396 Å². The number of hydrogen-bond donors (Lipinski definition) is 0. The summed E-state index contributed by atoms with van der Waals surface area (Å²) in [6.07, 6.45) is 85.0. The molecule has 0 spiro atoms. The molecule has 0 aliphatic heterocycles. The molecule has 0 atom stereocenters. The van der Waals surface area contributed by atoms with Gasteiger partial charge in [0.25, 0.3) is 0 Å². The van der Waals surface area contributed by atoms with E-state index in [1.165, 1.54) is 385 Å². The summed E-state index contributed by atoms with van der Waals surface area (Å²) in [5.41, 5.74) is 0. The molecule has 0 saturated carbocycles. The van der Waals surface area contributed by atoms with Crippen LogP contribution in [0.2, 0.25) is 0 Å². The monoisotopic (exact) mass is 1200 g/mol. The van der Waals surface area contributed by atoms with Crippen molar-refractivity contribution in [3.05, 3.63) is 0 Å². The van der Waals surface area contributed by atoms with Crippen molar-refractivity contribution in [2.45, 2.75) is 413 Å². The van der Waals surface area contributed by atoms with Crippen LogP contribution in [0.5, 0.6) is 0 Å². The second-order valence-electron chi connectivity index (χ2n) is 24.3. The maximum atomic E-state index is 5.37. The molecule has 77 heavy (non-hydrogen) atoms. The van der Waals surface area contributed by atoms with Gasteiger partial charge in [0.15, 0.2) is 0 Å². The van der Waals surface area contributed by atoms with Gasteiger partial charge in [-0.3, -0.25) is 0 Å². The third-order valence-electron chi connectivity index (χ3n) is 16.6. The number of hydrogen-bond acceptors (Lipinski definition) is 4. The van der Waals surface area contributed by atoms with Crippen LogP contribution in [0.25, 0.3) is 0 Å². The van der Waals surface area contributed by atoms with Gasteiger partial charge in [-0.05, 0) is 25.7 Å². The zero-order valence-corrected chi connectivity index (χ0v) is 59.7. The van der Waals surface area contributed by atoms with Crippen LogP contribution >= 0.6 is 24.4 Å². The predicted molar refractivity (Wildman–Crippen MR) is 363 cm³/mol. The van der Waals surface area contributed by atoms with E-state index in [0.717, 1.165) is 26.2 Å². The molecule has 0 unspecified atom stereocenters. The summed E-state index contributed by atoms with van der Waals surface area (Å²) in [4.78, 5) is 4.60. The van der Waals surface area contributed by atoms with Crippen LogP contribution < -0.4 is 0 Å². The van der Waals surface area contributed by atoms with E-state index in [-0.39, 0.29) is 19.5 Å². The van der Waals surface area contributed by atoms with Crippen molar-refractivity contribution in [2.75, 3.05) is 26.2 Å². The van der Waals surface area contributed by atoms with Crippen LogP contribution in [0, 0.1) is 0 Å². The van der Waals surface area contributed by atoms with Crippen LogP contribution in [0.15, 0.2) is 0 Å². The van der Waals surface area contributed by atoms with Crippen molar-refractivity contribution in [2.24, 2.45) is 0 Å². The summed E-state index contributed by atoms with van der Waals surface area (Å²) in [5.74, 6) is 0. The molecule has 0 amide bonds. The molecule has 0 heterocycles. The molecule has 0 aliphatic rings. The molecular weight excluding hydrogens is 1060 g/mol. The average Bonchev–Trinajstić information content (AvgIpc) is 3.41. The number of thiocarbonyl (C=S) groups is 2. The Labute approximate surface area is 522 Å². The van der Waals surface area contributed by atoms with E-state index in [4.69, 9.17) is 49.7 Å². The maximum Gasteiger partial charge on any atom is 2.00 e. The van der Waals surface area contributed by atoms with Crippen molar-refractivity contribution >= 4 is 58.3 Å². The van der Waals surface area contributed by atoms with Crippen molar-refractivity contribution < 1.29 is 19.5 Å². The van der Waals surface area contributed by atoms with Gasteiger partial charge in [-0.15, -0.1) is 0 Å². The van der Waals surface area contributed by atoms with E-state index in [2.05, 4.69) is 37.5 Å². The van der Waals surface area contributed by atoms with Gasteiger partial charge in [0, 0.05) is 26.2 Å². The molecule has 7 heteroatoms. The number of rotatable bonds is 64. The SMILES string of the molecule is CCCCCCCCCCCCCCCCCN(CCCCCCCCCCCCCCCCC)C(=S)[S-].CCCCCCCCCCCCCCCCCN(CCCCCCCCCCCCCCCCC)C(=S)[S-].[Zn+2]. The first-order valence-corrected chi connectivity index (χ1v) is 37.0. The van der Waals surface area contributed by atoms with E-state index in [9.17, 15) is 0 Å². The Morgan fingerprint density at radius 2 is 0.286 bits per heavy atom. The van der Waals surface area contributed by atoms with Gasteiger partial charge in [0.1, 0.15) is 0 Å². The van der Waals surface area contributed by atoms with Crippen LogP contribution in [0.4, 0.5) is 0 Å². The second-order valence-corrected chi connectivity index (χ2v) is 26.4. The maximum absolute atomic E-state index is 5.37. The average molecular weight is 1200 g/mol. The fourth-order valence-electron chi connectivity index (χ4n) is 11.3. The summed E-state index contributed by atoms with van der Waals surface area (Å²) < 4.78 is 1.39. The Morgan fingerprint density at radius 1 is 0.195 bits per heavy atom. The third-order valence-corrected chi connectivity index (χ3v) is 17.7. The minimum Gasteiger partial charge on any atom is -0.411 e. The van der Waals surface area contributed by atoms with Gasteiger partial charge < -0.3 is 59.5 Å². The summed E-state index contributed by atoms with van der Waals surface area (Å²) in [5, 5.41) is 0. The van der Waals surface area contributed by atoms with Gasteiger partial charge in [-0.25, -0.2) is 0 Å². The Morgan fingerprint density at radius 3 is 0.377 bits per heavy atom. The molecule has 0 aromatic carbocycles. The Balaban J connectivity index is -0.00000140. The van der Waals surface area contributed by atoms with Crippen molar-refractivity contribution in [3.63, 3.8) is 0 Å². The fraction of sp³-hybridized carbons (Fsp3) is 0.971. The summed E-state index contributed by atoms with van der Waals surface area (Å²) >= 11 is 21.5. The van der Waals surface area contributed by atoms with E-state index in [1.54, 1.807) is 0 Å². The topological polar surface area (TPSA) is 6.48 Å². The van der Waals surface area contributed by atoms with Crippen molar-refractivity contribution in [1.29, 1.82) is 0 Å². The van der Waals surface area contributed by atoms with Gasteiger partial charge >= 0.3 is 19.5 Å².